The third-order valence-electron chi connectivity index (χ3n) is 5.48. The monoisotopic (exact) mass is 434 g/mol. The van der Waals surface area contributed by atoms with Gasteiger partial charge in [0.1, 0.15) is 11.5 Å². The van der Waals surface area contributed by atoms with Gasteiger partial charge in [-0.05, 0) is 67.3 Å². The van der Waals surface area contributed by atoms with Crippen molar-refractivity contribution in [3.8, 4) is 11.3 Å². The number of halogens is 2. The van der Waals surface area contributed by atoms with E-state index in [1.54, 1.807) is 0 Å². The number of aromatic nitrogens is 2. The largest absolute Gasteiger partial charge is 0.371 e. The molecule has 0 radical (unpaired) electrons. The number of ketones is 1. The SMILES string of the molecule is C=CC(=O)Cc1cc(-c2nc(Nc3cccc(N4CCCCC4)c3)ncc2F)ccc1F. The van der Waals surface area contributed by atoms with Crippen LogP contribution in [0.4, 0.5) is 26.1 Å². The quantitative estimate of drug-likeness (QED) is 0.501. The fourth-order valence-electron chi connectivity index (χ4n) is 3.81. The summed E-state index contributed by atoms with van der Waals surface area (Å²) in [7, 11) is 0. The highest BCUT2D eigenvalue weighted by Gasteiger charge is 2.15. The topological polar surface area (TPSA) is 58.1 Å². The minimum atomic E-state index is -0.634. The summed E-state index contributed by atoms with van der Waals surface area (Å²) in [6, 6.07) is 12.0. The first-order chi connectivity index (χ1) is 15.5. The predicted molar refractivity (Wildman–Crippen MR) is 122 cm³/mol. The van der Waals surface area contributed by atoms with Gasteiger partial charge in [-0.1, -0.05) is 12.6 Å². The maximum Gasteiger partial charge on any atom is 0.227 e. The molecule has 1 saturated heterocycles. The summed E-state index contributed by atoms with van der Waals surface area (Å²) in [5, 5.41) is 3.13. The number of nitrogens with zero attached hydrogens (tertiary/aromatic N) is 3. The molecule has 0 saturated carbocycles. The second kappa shape index (κ2) is 9.68. The number of carbonyl (C=O) groups is 1. The summed E-state index contributed by atoms with van der Waals surface area (Å²) in [6.45, 7) is 5.46. The van der Waals surface area contributed by atoms with Crippen molar-refractivity contribution in [1.82, 2.24) is 9.97 Å². The molecule has 0 aliphatic carbocycles. The van der Waals surface area contributed by atoms with Gasteiger partial charge in [0.15, 0.2) is 11.6 Å². The van der Waals surface area contributed by atoms with E-state index in [0.29, 0.717) is 5.56 Å². The molecule has 0 atom stereocenters. The number of carbonyl (C=O) groups excluding carboxylic acids is 1. The minimum absolute atomic E-state index is 0.0296. The lowest BCUT2D eigenvalue weighted by atomic mass is 10.0. The molecule has 1 fully saturated rings. The van der Waals surface area contributed by atoms with E-state index in [4.69, 9.17) is 0 Å². The normalized spacial score (nSPS) is 13.6. The summed E-state index contributed by atoms with van der Waals surface area (Å²) < 4.78 is 28.6. The van der Waals surface area contributed by atoms with Crippen molar-refractivity contribution in [2.45, 2.75) is 25.7 Å². The van der Waals surface area contributed by atoms with E-state index >= 15 is 0 Å². The second-order valence-corrected chi connectivity index (χ2v) is 7.77. The van der Waals surface area contributed by atoms with Gasteiger partial charge < -0.3 is 10.2 Å². The first-order valence-corrected chi connectivity index (χ1v) is 10.6. The van der Waals surface area contributed by atoms with E-state index in [-0.39, 0.29) is 29.4 Å². The summed E-state index contributed by atoms with van der Waals surface area (Å²) in [5.74, 6) is -1.26. The van der Waals surface area contributed by atoms with Gasteiger partial charge in [0.2, 0.25) is 5.95 Å². The van der Waals surface area contributed by atoms with Crippen LogP contribution in [0.25, 0.3) is 11.3 Å². The molecule has 4 rings (SSSR count). The van der Waals surface area contributed by atoms with Crippen molar-refractivity contribution in [3.63, 3.8) is 0 Å². The summed E-state index contributed by atoms with van der Waals surface area (Å²) in [5.41, 5.74) is 2.47. The zero-order chi connectivity index (χ0) is 22.5. The number of benzene rings is 2. The van der Waals surface area contributed by atoms with Crippen LogP contribution in [0.2, 0.25) is 0 Å². The van der Waals surface area contributed by atoms with Gasteiger partial charge in [-0.2, -0.15) is 0 Å². The third-order valence-corrected chi connectivity index (χ3v) is 5.48. The molecule has 3 aromatic rings. The first kappa shape index (κ1) is 21.6. The molecule has 0 spiro atoms. The van der Waals surface area contributed by atoms with Gasteiger partial charge in [-0.15, -0.1) is 0 Å². The Labute approximate surface area is 185 Å². The summed E-state index contributed by atoms with van der Waals surface area (Å²) in [4.78, 5) is 22.4. The molecule has 2 aromatic carbocycles. The Balaban J connectivity index is 1.59. The van der Waals surface area contributed by atoms with Crippen LogP contribution in [0.5, 0.6) is 0 Å². The minimum Gasteiger partial charge on any atom is -0.371 e. The average Bonchev–Trinajstić information content (AvgIpc) is 2.82. The van der Waals surface area contributed by atoms with E-state index in [2.05, 4.69) is 32.8 Å². The molecule has 0 bridgehead atoms. The molecule has 0 amide bonds. The third kappa shape index (κ3) is 4.99. The van der Waals surface area contributed by atoms with Gasteiger partial charge in [0.25, 0.3) is 0 Å². The van der Waals surface area contributed by atoms with Crippen molar-refractivity contribution in [1.29, 1.82) is 0 Å². The van der Waals surface area contributed by atoms with Gasteiger partial charge in [0, 0.05) is 36.4 Å². The molecular formula is C25H24F2N4O. The highest BCUT2D eigenvalue weighted by molar-refractivity contribution is 5.91. The maximum atomic E-state index is 14.5. The summed E-state index contributed by atoms with van der Waals surface area (Å²) in [6.07, 6.45) is 5.69. The van der Waals surface area contributed by atoms with E-state index in [9.17, 15) is 13.6 Å². The zero-order valence-electron chi connectivity index (χ0n) is 17.7. The Morgan fingerprint density at radius 3 is 2.69 bits per heavy atom. The number of rotatable bonds is 7. The fourth-order valence-corrected chi connectivity index (χ4v) is 3.81. The van der Waals surface area contributed by atoms with Crippen LogP contribution >= 0.6 is 0 Å². The van der Waals surface area contributed by atoms with Crippen LogP contribution in [0.3, 0.4) is 0 Å². The number of piperidine rings is 1. The predicted octanol–water partition coefficient (Wildman–Crippen LogP) is 5.45. The molecule has 1 N–H and O–H groups in total. The van der Waals surface area contributed by atoms with E-state index < -0.39 is 11.6 Å². The maximum absolute atomic E-state index is 14.5. The second-order valence-electron chi connectivity index (χ2n) is 7.77. The zero-order valence-corrected chi connectivity index (χ0v) is 17.7. The van der Waals surface area contributed by atoms with Crippen LogP contribution in [-0.4, -0.2) is 28.8 Å². The van der Waals surface area contributed by atoms with Gasteiger partial charge in [0.05, 0.1) is 6.20 Å². The molecule has 1 aliphatic heterocycles. The fraction of sp³-hybridized carbons (Fsp3) is 0.240. The van der Waals surface area contributed by atoms with Crippen LogP contribution in [0.1, 0.15) is 24.8 Å². The van der Waals surface area contributed by atoms with Gasteiger partial charge in [-0.25, -0.2) is 18.7 Å². The number of anilines is 3. The molecule has 0 unspecified atom stereocenters. The van der Waals surface area contributed by atoms with Crippen molar-refractivity contribution in [2.24, 2.45) is 0 Å². The van der Waals surface area contributed by atoms with Crippen LogP contribution in [-0.2, 0) is 11.2 Å². The molecule has 164 valence electrons. The van der Waals surface area contributed by atoms with Gasteiger partial charge in [-0.3, -0.25) is 4.79 Å². The van der Waals surface area contributed by atoms with Crippen molar-refractivity contribution in [2.75, 3.05) is 23.3 Å². The van der Waals surface area contributed by atoms with E-state index in [0.717, 1.165) is 36.7 Å². The molecule has 2 heterocycles. The highest BCUT2D eigenvalue weighted by atomic mass is 19.1. The Kier molecular flexibility index (Phi) is 6.54. The molecule has 5 nitrogen and oxygen atoms in total. The van der Waals surface area contributed by atoms with Crippen molar-refractivity contribution < 1.29 is 13.6 Å². The Hall–Kier alpha value is -3.61. The molecule has 1 aliphatic rings. The van der Waals surface area contributed by atoms with E-state index in [1.807, 2.05) is 18.2 Å². The van der Waals surface area contributed by atoms with Crippen LogP contribution in [0, 0.1) is 11.6 Å². The molecule has 32 heavy (non-hydrogen) atoms. The Morgan fingerprint density at radius 2 is 1.91 bits per heavy atom. The van der Waals surface area contributed by atoms with Crippen LogP contribution < -0.4 is 10.2 Å². The lowest BCUT2D eigenvalue weighted by Crippen LogP contribution is -2.29. The lowest BCUT2D eigenvalue weighted by molar-refractivity contribution is -0.114. The smallest absolute Gasteiger partial charge is 0.227 e. The molecule has 1 aromatic heterocycles. The Morgan fingerprint density at radius 1 is 1.09 bits per heavy atom. The Bertz CT molecular complexity index is 1140. The van der Waals surface area contributed by atoms with E-state index in [1.165, 1.54) is 37.5 Å². The standard InChI is InChI=1S/C25H24F2N4O/c1-2-21(32)14-18-13-17(9-10-22(18)26)24-23(27)16-28-25(30-24)29-19-7-6-8-20(15-19)31-11-4-3-5-12-31/h2,6-10,13,15-16H,1,3-5,11-12,14H2,(H,28,29,30). The summed E-state index contributed by atoms with van der Waals surface area (Å²) >= 11 is 0. The number of nitrogens with one attached hydrogen (secondary N) is 1. The van der Waals surface area contributed by atoms with Crippen LogP contribution in [0.15, 0.2) is 61.3 Å². The first-order valence-electron chi connectivity index (χ1n) is 10.6. The number of allylic oxidation sites excluding steroid dienone is 1. The number of hydrogen-bond donors (Lipinski definition) is 1. The highest BCUT2D eigenvalue weighted by Crippen LogP contribution is 2.27. The number of hydrogen-bond acceptors (Lipinski definition) is 5. The average molecular weight is 434 g/mol. The van der Waals surface area contributed by atoms with Crippen molar-refractivity contribution in [3.05, 3.63) is 78.5 Å². The van der Waals surface area contributed by atoms with Gasteiger partial charge >= 0.3 is 0 Å². The molecule has 7 heteroatoms. The van der Waals surface area contributed by atoms with Crippen molar-refractivity contribution >= 4 is 23.1 Å². The lowest BCUT2D eigenvalue weighted by Gasteiger charge is -2.29. The molecular weight excluding hydrogens is 410 g/mol.